The Bertz CT molecular complexity index is 1340. The van der Waals surface area contributed by atoms with Gasteiger partial charge in [0.15, 0.2) is 11.5 Å². The maximum Gasteiger partial charge on any atom is 0.303 e. The Morgan fingerprint density at radius 2 is 1.76 bits per heavy atom. The third kappa shape index (κ3) is 4.31. The van der Waals surface area contributed by atoms with Gasteiger partial charge < -0.3 is 14.6 Å². The van der Waals surface area contributed by atoms with Crippen molar-refractivity contribution in [2.24, 2.45) is 5.10 Å². The van der Waals surface area contributed by atoms with Crippen LogP contribution in [0.15, 0.2) is 53.6 Å². The molecule has 1 amide bonds. The van der Waals surface area contributed by atoms with Crippen molar-refractivity contribution in [3.63, 3.8) is 0 Å². The van der Waals surface area contributed by atoms with Crippen LogP contribution in [-0.4, -0.2) is 40.9 Å². The van der Waals surface area contributed by atoms with Gasteiger partial charge in [0.2, 0.25) is 5.91 Å². The fraction of sp³-hybridized carbons (Fsp3) is 0.269. The zero-order valence-corrected chi connectivity index (χ0v) is 19.3. The van der Waals surface area contributed by atoms with Crippen LogP contribution in [0.5, 0.6) is 11.5 Å². The quantitative estimate of drug-likeness (QED) is 0.550. The number of fused-ring (bicyclic) bond motifs is 2. The summed E-state index contributed by atoms with van der Waals surface area (Å²) in [4.78, 5) is 24.1. The smallest absolute Gasteiger partial charge is 0.303 e. The van der Waals surface area contributed by atoms with Crippen molar-refractivity contribution in [3.8, 4) is 11.5 Å². The average Bonchev–Trinajstić information content (AvgIpc) is 3.26. The predicted octanol–water partition coefficient (Wildman–Crippen LogP) is 5.12. The van der Waals surface area contributed by atoms with Crippen LogP contribution < -0.4 is 9.47 Å². The summed E-state index contributed by atoms with van der Waals surface area (Å²) in [5.41, 5.74) is 3.52. The number of carbonyl (C=O) groups excluding carboxylic acids is 1. The van der Waals surface area contributed by atoms with E-state index in [-0.39, 0.29) is 18.7 Å². The molecule has 1 N–H and O–H groups in total. The standard InChI is InChI=1S/C26H23ClN2O5/c1-15-3-2-4-16(9-15)21-14-22(29(28-21)25(30)5-6-26(31)32)19-10-17-12-23-24(34-8-7-33-23)13-18(17)11-20(19)27/h2-4,9-13,22H,5-8,14H2,1H3,(H,31,32). The number of hydrazone groups is 1. The number of carboxylic acids is 1. The molecule has 1 unspecified atom stereocenters. The lowest BCUT2D eigenvalue weighted by Crippen LogP contribution is -2.27. The number of hydrogen-bond donors (Lipinski definition) is 1. The zero-order chi connectivity index (χ0) is 23.8. The Morgan fingerprint density at radius 1 is 1.06 bits per heavy atom. The average molecular weight is 479 g/mol. The van der Waals surface area contributed by atoms with E-state index in [1.807, 2.05) is 55.5 Å². The van der Waals surface area contributed by atoms with Crippen molar-refractivity contribution in [1.82, 2.24) is 5.01 Å². The fourth-order valence-corrected chi connectivity index (χ4v) is 4.69. The highest BCUT2D eigenvalue weighted by Crippen LogP contribution is 2.41. The molecule has 34 heavy (non-hydrogen) atoms. The zero-order valence-electron chi connectivity index (χ0n) is 18.6. The minimum atomic E-state index is -1.03. The van der Waals surface area contributed by atoms with Gasteiger partial charge in [0.1, 0.15) is 13.2 Å². The number of aliphatic carboxylic acids is 1. The van der Waals surface area contributed by atoms with Gasteiger partial charge in [-0.2, -0.15) is 5.10 Å². The molecule has 0 aromatic heterocycles. The lowest BCUT2D eigenvalue weighted by molar-refractivity contribution is -0.141. The molecule has 1 atom stereocenters. The van der Waals surface area contributed by atoms with E-state index in [4.69, 9.17) is 26.2 Å². The van der Waals surface area contributed by atoms with Crippen LogP contribution in [0, 0.1) is 6.92 Å². The van der Waals surface area contributed by atoms with E-state index in [2.05, 4.69) is 5.10 Å². The first kappa shape index (κ1) is 22.2. The fourth-order valence-electron chi connectivity index (χ4n) is 4.39. The van der Waals surface area contributed by atoms with Crippen LogP contribution in [0.25, 0.3) is 10.8 Å². The monoisotopic (exact) mass is 478 g/mol. The molecule has 3 aromatic rings. The van der Waals surface area contributed by atoms with Crippen molar-refractivity contribution >= 4 is 40.0 Å². The van der Waals surface area contributed by atoms with E-state index in [0.29, 0.717) is 36.2 Å². The molecule has 5 rings (SSSR count). The second kappa shape index (κ2) is 8.99. The van der Waals surface area contributed by atoms with E-state index in [1.54, 1.807) is 0 Å². The number of hydrogen-bond acceptors (Lipinski definition) is 5. The number of nitrogens with zero attached hydrogens (tertiary/aromatic N) is 2. The molecule has 0 spiro atoms. The van der Waals surface area contributed by atoms with E-state index in [9.17, 15) is 9.59 Å². The van der Waals surface area contributed by atoms with Gasteiger partial charge >= 0.3 is 5.97 Å². The van der Waals surface area contributed by atoms with Gasteiger partial charge in [0.25, 0.3) is 0 Å². The summed E-state index contributed by atoms with van der Waals surface area (Å²) in [6, 6.07) is 15.1. The van der Waals surface area contributed by atoms with Crippen molar-refractivity contribution < 1.29 is 24.2 Å². The summed E-state index contributed by atoms with van der Waals surface area (Å²) in [5.74, 6) is -0.0281. The van der Waals surface area contributed by atoms with Gasteiger partial charge in [-0.25, -0.2) is 5.01 Å². The number of ether oxygens (including phenoxy) is 2. The molecule has 0 fully saturated rings. The summed E-state index contributed by atoms with van der Waals surface area (Å²) >= 11 is 6.73. The molecular formula is C26H23ClN2O5. The molecule has 0 bridgehead atoms. The highest BCUT2D eigenvalue weighted by molar-refractivity contribution is 6.32. The number of carbonyl (C=O) groups is 2. The third-order valence-electron chi connectivity index (χ3n) is 6.05. The lowest BCUT2D eigenvalue weighted by Gasteiger charge is -2.24. The van der Waals surface area contributed by atoms with Crippen LogP contribution in [-0.2, 0) is 9.59 Å². The molecule has 0 aliphatic carbocycles. The van der Waals surface area contributed by atoms with Crippen molar-refractivity contribution in [1.29, 1.82) is 0 Å². The van der Waals surface area contributed by atoms with Gasteiger partial charge in [0, 0.05) is 17.9 Å². The third-order valence-corrected chi connectivity index (χ3v) is 6.37. The molecule has 8 heteroatoms. The van der Waals surface area contributed by atoms with E-state index < -0.39 is 12.0 Å². The molecule has 7 nitrogen and oxygen atoms in total. The Morgan fingerprint density at radius 3 is 2.44 bits per heavy atom. The minimum Gasteiger partial charge on any atom is -0.486 e. The molecule has 0 saturated heterocycles. The lowest BCUT2D eigenvalue weighted by atomic mass is 9.95. The van der Waals surface area contributed by atoms with E-state index in [0.717, 1.165) is 33.2 Å². The van der Waals surface area contributed by atoms with Gasteiger partial charge in [-0.05, 0) is 53.1 Å². The normalized spacial score (nSPS) is 17.1. The van der Waals surface area contributed by atoms with Gasteiger partial charge in [-0.15, -0.1) is 0 Å². The van der Waals surface area contributed by atoms with E-state index >= 15 is 0 Å². The van der Waals surface area contributed by atoms with Gasteiger partial charge in [0.05, 0.1) is 18.2 Å². The van der Waals surface area contributed by atoms with E-state index in [1.165, 1.54) is 5.01 Å². The van der Waals surface area contributed by atoms with Crippen LogP contribution in [0.3, 0.4) is 0 Å². The summed E-state index contributed by atoms with van der Waals surface area (Å²) < 4.78 is 11.4. The number of benzene rings is 3. The summed E-state index contributed by atoms with van der Waals surface area (Å²) in [6.07, 6.45) is 0.0740. The second-order valence-corrected chi connectivity index (χ2v) is 8.89. The molecule has 3 aromatic carbocycles. The van der Waals surface area contributed by atoms with Crippen LogP contribution in [0.2, 0.25) is 5.02 Å². The first-order valence-corrected chi connectivity index (χ1v) is 11.5. The van der Waals surface area contributed by atoms with Crippen molar-refractivity contribution in [3.05, 3.63) is 70.2 Å². The topological polar surface area (TPSA) is 88.4 Å². The largest absolute Gasteiger partial charge is 0.486 e. The van der Waals surface area contributed by atoms with Crippen molar-refractivity contribution in [2.75, 3.05) is 13.2 Å². The van der Waals surface area contributed by atoms with Gasteiger partial charge in [-0.1, -0.05) is 41.4 Å². The summed E-state index contributed by atoms with van der Waals surface area (Å²) in [5, 5.41) is 17.4. The molecular weight excluding hydrogens is 456 g/mol. The van der Waals surface area contributed by atoms with Gasteiger partial charge in [-0.3, -0.25) is 9.59 Å². The maximum absolute atomic E-state index is 13.0. The molecule has 0 radical (unpaired) electrons. The maximum atomic E-state index is 13.0. The predicted molar refractivity (Wildman–Crippen MR) is 129 cm³/mol. The highest BCUT2D eigenvalue weighted by Gasteiger charge is 2.34. The highest BCUT2D eigenvalue weighted by atomic mass is 35.5. The number of halogens is 1. The Hall–Kier alpha value is -3.58. The molecule has 2 aliphatic heterocycles. The number of aryl methyl sites for hydroxylation is 1. The first-order valence-electron chi connectivity index (χ1n) is 11.1. The summed E-state index contributed by atoms with van der Waals surface area (Å²) in [6.45, 7) is 2.99. The molecule has 2 heterocycles. The number of carboxylic acid groups (broad SMARTS) is 1. The Kier molecular flexibility index (Phi) is 5.87. The SMILES string of the molecule is Cc1cccc(C2=NN(C(=O)CCC(=O)O)C(c3cc4cc5c(cc4cc3Cl)OCCO5)C2)c1. The second-order valence-electron chi connectivity index (χ2n) is 8.48. The van der Waals surface area contributed by atoms with Crippen LogP contribution in [0.1, 0.15) is 42.0 Å². The molecule has 174 valence electrons. The van der Waals surface area contributed by atoms with Crippen LogP contribution in [0.4, 0.5) is 0 Å². The molecule has 0 saturated carbocycles. The Balaban J connectivity index is 1.55. The number of rotatable bonds is 5. The molecule has 2 aliphatic rings. The Labute approximate surface area is 201 Å². The minimum absolute atomic E-state index is 0.139. The summed E-state index contributed by atoms with van der Waals surface area (Å²) in [7, 11) is 0. The first-order chi connectivity index (χ1) is 16.4. The van der Waals surface area contributed by atoms with Crippen LogP contribution >= 0.6 is 11.6 Å². The van der Waals surface area contributed by atoms with Crippen molar-refractivity contribution in [2.45, 2.75) is 32.2 Å². The number of amides is 1.